The number of piperidine rings is 1. The maximum absolute atomic E-state index is 14.2. The Balaban J connectivity index is 1.42. The molecule has 2 unspecified atom stereocenters. The van der Waals surface area contributed by atoms with Gasteiger partial charge in [-0.25, -0.2) is 18.7 Å². The third-order valence-corrected chi connectivity index (χ3v) is 7.26. The zero-order valence-corrected chi connectivity index (χ0v) is 20.8. The van der Waals surface area contributed by atoms with E-state index in [9.17, 15) is 13.9 Å². The monoisotopic (exact) mass is 501 g/mol. The number of fused-ring (bicyclic) bond motifs is 1. The number of nitrogens with one attached hydrogen (secondary N) is 1. The molecule has 0 aromatic carbocycles. The number of hydrogen-bond donors (Lipinski definition) is 3. The minimum atomic E-state index is -2.96. The van der Waals surface area contributed by atoms with Crippen LogP contribution in [-0.2, 0) is 0 Å². The lowest BCUT2D eigenvalue weighted by atomic mass is 9.94. The molecular formula is C24H33F2N9O. The summed E-state index contributed by atoms with van der Waals surface area (Å²) in [6.45, 7) is 6.88. The molecule has 5 heterocycles. The molecular weight excluding hydrogens is 468 g/mol. The molecule has 0 aliphatic carbocycles. The van der Waals surface area contributed by atoms with Crippen LogP contribution < -0.4 is 20.9 Å². The molecule has 2 aliphatic heterocycles. The SMILES string of the molecule is CCC(C)n1nc(N2CC(N)C(F)(F)C2)c2cnc(Nc3ccnc(N4CCC(C)(O)CC4)n3)cc21. The highest BCUT2D eigenvalue weighted by atomic mass is 19.3. The number of aromatic nitrogens is 5. The van der Waals surface area contributed by atoms with Gasteiger partial charge >= 0.3 is 0 Å². The number of pyridine rings is 1. The quantitative estimate of drug-likeness (QED) is 0.468. The van der Waals surface area contributed by atoms with Gasteiger partial charge in [0.15, 0.2) is 5.82 Å². The molecule has 2 fully saturated rings. The van der Waals surface area contributed by atoms with E-state index in [1.54, 1.807) is 23.4 Å². The van der Waals surface area contributed by atoms with Crippen LogP contribution in [0.15, 0.2) is 24.5 Å². The predicted molar refractivity (Wildman–Crippen MR) is 135 cm³/mol. The zero-order valence-electron chi connectivity index (χ0n) is 20.8. The van der Waals surface area contributed by atoms with Crippen molar-refractivity contribution in [1.29, 1.82) is 0 Å². The van der Waals surface area contributed by atoms with Crippen molar-refractivity contribution in [2.45, 2.75) is 63.6 Å². The standard InChI is InChI=1S/C24H33F2N9O/c1-4-15(2)35-17-11-20(29-12-16(17)21(32-35)34-13-18(27)24(25,26)14-34)30-19-5-8-28-22(31-19)33-9-6-23(3,36)7-10-33/h5,8,11-12,15,18,36H,4,6-7,9-10,13-14,27H2,1-3H3,(H,28,29,30,31). The fraction of sp³-hybridized carbons (Fsp3) is 0.583. The van der Waals surface area contributed by atoms with E-state index in [0.29, 0.717) is 54.7 Å². The average molecular weight is 502 g/mol. The summed E-state index contributed by atoms with van der Waals surface area (Å²) < 4.78 is 30.2. The fourth-order valence-electron chi connectivity index (χ4n) is 4.69. The summed E-state index contributed by atoms with van der Waals surface area (Å²) in [4.78, 5) is 17.2. The van der Waals surface area contributed by atoms with Crippen LogP contribution >= 0.6 is 0 Å². The van der Waals surface area contributed by atoms with Crippen LogP contribution in [0.3, 0.4) is 0 Å². The van der Waals surface area contributed by atoms with E-state index in [4.69, 9.17) is 10.8 Å². The largest absolute Gasteiger partial charge is 0.390 e. The van der Waals surface area contributed by atoms with Crippen LogP contribution in [0, 0.1) is 0 Å². The summed E-state index contributed by atoms with van der Waals surface area (Å²) in [5.74, 6) is -0.745. The molecule has 2 aliphatic rings. The smallest absolute Gasteiger partial charge is 0.281 e. The summed E-state index contributed by atoms with van der Waals surface area (Å²) in [5.41, 5.74) is 5.83. The summed E-state index contributed by atoms with van der Waals surface area (Å²) in [6, 6.07) is 2.47. The van der Waals surface area contributed by atoms with Crippen molar-refractivity contribution in [2.24, 2.45) is 5.73 Å². The van der Waals surface area contributed by atoms with E-state index >= 15 is 0 Å². The van der Waals surface area contributed by atoms with Gasteiger partial charge in [0, 0.05) is 44.1 Å². The van der Waals surface area contributed by atoms with Crippen molar-refractivity contribution >= 4 is 34.3 Å². The first-order valence-corrected chi connectivity index (χ1v) is 12.4. The zero-order chi connectivity index (χ0) is 25.7. The highest BCUT2D eigenvalue weighted by molar-refractivity contribution is 5.92. The minimum absolute atomic E-state index is 0.0370. The van der Waals surface area contributed by atoms with E-state index in [1.807, 2.05) is 24.6 Å². The molecule has 5 rings (SSSR count). The Hall–Kier alpha value is -3.12. The molecule has 2 saturated heterocycles. The lowest BCUT2D eigenvalue weighted by Crippen LogP contribution is -2.43. The topological polar surface area (TPSA) is 121 Å². The van der Waals surface area contributed by atoms with E-state index in [-0.39, 0.29) is 12.6 Å². The van der Waals surface area contributed by atoms with Gasteiger partial charge in [-0.05, 0) is 39.2 Å². The van der Waals surface area contributed by atoms with Crippen molar-refractivity contribution in [2.75, 3.05) is 41.3 Å². The molecule has 2 atom stereocenters. The Labute approximate surface area is 208 Å². The van der Waals surface area contributed by atoms with Gasteiger partial charge in [-0.2, -0.15) is 10.1 Å². The molecule has 10 nitrogen and oxygen atoms in total. The maximum Gasteiger partial charge on any atom is 0.281 e. The molecule has 0 saturated carbocycles. The molecule has 194 valence electrons. The van der Waals surface area contributed by atoms with Gasteiger partial charge in [-0.15, -0.1) is 0 Å². The molecule has 3 aromatic rings. The Morgan fingerprint density at radius 1 is 1.22 bits per heavy atom. The second-order valence-electron chi connectivity index (χ2n) is 10.2. The summed E-state index contributed by atoms with van der Waals surface area (Å²) in [6.07, 6.45) is 5.49. The number of anilines is 4. The third kappa shape index (κ3) is 4.66. The second kappa shape index (κ2) is 9.07. The lowest BCUT2D eigenvalue weighted by Gasteiger charge is -2.35. The van der Waals surface area contributed by atoms with Crippen LogP contribution in [0.4, 0.5) is 32.2 Å². The molecule has 4 N–H and O–H groups in total. The molecule has 3 aromatic heterocycles. The second-order valence-corrected chi connectivity index (χ2v) is 10.2. The van der Waals surface area contributed by atoms with Crippen molar-refractivity contribution in [3.05, 3.63) is 24.5 Å². The van der Waals surface area contributed by atoms with Crippen LogP contribution in [-0.4, -0.2) is 73.6 Å². The Kier molecular flexibility index (Phi) is 6.19. The van der Waals surface area contributed by atoms with Gasteiger partial charge in [0.1, 0.15) is 11.6 Å². The van der Waals surface area contributed by atoms with E-state index < -0.39 is 24.1 Å². The first kappa shape index (κ1) is 24.6. The van der Waals surface area contributed by atoms with Gasteiger partial charge < -0.3 is 26.0 Å². The third-order valence-electron chi connectivity index (χ3n) is 7.26. The molecule has 0 bridgehead atoms. The van der Waals surface area contributed by atoms with Crippen molar-refractivity contribution in [3.8, 4) is 0 Å². The summed E-state index contributed by atoms with van der Waals surface area (Å²) in [7, 11) is 0. The van der Waals surface area contributed by atoms with Crippen LogP contribution in [0.25, 0.3) is 10.9 Å². The van der Waals surface area contributed by atoms with Crippen molar-refractivity contribution in [1.82, 2.24) is 24.7 Å². The predicted octanol–water partition coefficient (Wildman–Crippen LogP) is 3.07. The molecule has 0 spiro atoms. The first-order valence-electron chi connectivity index (χ1n) is 12.4. The Morgan fingerprint density at radius 3 is 2.64 bits per heavy atom. The van der Waals surface area contributed by atoms with Gasteiger partial charge in [-0.1, -0.05) is 6.92 Å². The van der Waals surface area contributed by atoms with Crippen LogP contribution in [0.1, 0.15) is 46.1 Å². The normalized spacial score (nSPS) is 22.2. The number of halogens is 2. The lowest BCUT2D eigenvalue weighted by molar-refractivity contribution is 0.00962. The molecule has 36 heavy (non-hydrogen) atoms. The van der Waals surface area contributed by atoms with Crippen molar-refractivity contribution < 1.29 is 13.9 Å². The highest BCUT2D eigenvalue weighted by Gasteiger charge is 2.47. The number of rotatable bonds is 6. The Bertz CT molecular complexity index is 1240. The molecule has 0 radical (unpaired) electrons. The maximum atomic E-state index is 14.2. The number of aliphatic hydroxyl groups is 1. The average Bonchev–Trinajstić information content (AvgIpc) is 3.34. The van der Waals surface area contributed by atoms with Crippen LogP contribution in [0.5, 0.6) is 0 Å². The van der Waals surface area contributed by atoms with Gasteiger partial charge in [0.25, 0.3) is 5.92 Å². The van der Waals surface area contributed by atoms with Crippen molar-refractivity contribution in [3.63, 3.8) is 0 Å². The number of hydrogen-bond acceptors (Lipinski definition) is 9. The van der Waals surface area contributed by atoms with E-state index in [0.717, 1.165) is 11.9 Å². The van der Waals surface area contributed by atoms with Gasteiger partial charge in [0.2, 0.25) is 5.95 Å². The van der Waals surface area contributed by atoms with E-state index in [2.05, 4.69) is 32.1 Å². The highest BCUT2D eigenvalue weighted by Crippen LogP contribution is 2.36. The van der Waals surface area contributed by atoms with E-state index in [1.165, 1.54) is 0 Å². The van der Waals surface area contributed by atoms with Crippen LogP contribution in [0.2, 0.25) is 0 Å². The number of nitrogens with two attached hydrogens (primary N) is 1. The van der Waals surface area contributed by atoms with Gasteiger partial charge in [0.05, 0.1) is 29.1 Å². The number of nitrogens with zero attached hydrogens (tertiary/aromatic N) is 7. The summed E-state index contributed by atoms with van der Waals surface area (Å²) >= 11 is 0. The summed E-state index contributed by atoms with van der Waals surface area (Å²) in [5, 5.41) is 18.9. The number of alkyl halides is 2. The van der Waals surface area contributed by atoms with Gasteiger partial charge in [-0.3, -0.25) is 4.68 Å². The molecule has 12 heteroatoms. The molecule has 0 amide bonds. The first-order chi connectivity index (χ1) is 17.1. The Morgan fingerprint density at radius 2 is 1.97 bits per heavy atom. The fourth-order valence-corrected chi connectivity index (χ4v) is 4.69. The minimum Gasteiger partial charge on any atom is -0.390 e.